The molecule has 178 valence electrons. The number of likely N-dealkylation sites (N-methyl/N-ethyl adjacent to an activating group) is 1. The van der Waals surface area contributed by atoms with Gasteiger partial charge in [-0.2, -0.15) is 0 Å². The van der Waals surface area contributed by atoms with Crippen LogP contribution in [0.4, 0.5) is 4.39 Å². The van der Waals surface area contributed by atoms with Crippen molar-refractivity contribution in [3.63, 3.8) is 0 Å². The van der Waals surface area contributed by atoms with Gasteiger partial charge in [0.2, 0.25) is 5.91 Å². The number of halogens is 1. The Hall–Kier alpha value is -2.93. The van der Waals surface area contributed by atoms with E-state index in [0.717, 1.165) is 68.2 Å². The Kier molecular flexibility index (Phi) is 5.32. The molecule has 3 aromatic rings. The fourth-order valence-corrected chi connectivity index (χ4v) is 6.75. The fraction of sp³-hybridized carbons (Fsp3) is 0.481. The van der Waals surface area contributed by atoms with Crippen LogP contribution in [0.3, 0.4) is 0 Å². The summed E-state index contributed by atoms with van der Waals surface area (Å²) in [6.45, 7) is 1.85. The normalized spacial score (nSPS) is 22.8. The standard InChI is InChI=1S/C27H31FN4O2/c1-29-25(33)16-31-22-7-2-3-8-23(22)32(27(31)34)18-11-13-30(14-12-18)24-15-17-5-4-6-19-21(28)10-9-20(24)26(17)19/h2-3,7-10,17-18,24H,4-6,11-16H2,1H3,(H,29,33). The van der Waals surface area contributed by atoms with E-state index in [1.54, 1.807) is 17.7 Å². The van der Waals surface area contributed by atoms with E-state index in [4.69, 9.17) is 0 Å². The summed E-state index contributed by atoms with van der Waals surface area (Å²) in [7, 11) is 1.59. The minimum Gasteiger partial charge on any atom is -0.358 e. The highest BCUT2D eigenvalue weighted by atomic mass is 19.1. The number of imidazole rings is 1. The molecule has 6 rings (SSSR count). The molecule has 1 saturated heterocycles. The first-order chi connectivity index (χ1) is 16.6. The van der Waals surface area contributed by atoms with Crippen molar-refractivity contribution in [3.8, 4) is 0 Å². The van der Waals surface area contributed by atoms with Gasteiger partial charge in [-0.15, -0.1) is 0 Å². The molecule has 1 amide bonds. The number of hydrogen-bond donors (Lipinski definition) is 1. The Bertz CT molecular complexity index is 1320. The zero-order valence-electron chi connectivity index (χ0n) is 19.6. The van der Waals surface area contributed by atoms with Gasteiger partial charge in [0.25, 0.3) is 0 Å². The van der Waals surface area contributed by atoms with Crippen molar-refractivity contribution in [3.05, 3.63) is 69.4 Å². The smallest absolute Gasteiger partial charge is 0.329 e. The molecule has 3 aliphatic rings. The van der Waals surface area contributed by atoms with Crippen molar-refractivity contribution in [2.45, 2.75) is 63.1 Å². The largest absolute Gasteiger partial charge is 0.358 e. The zero-order chi connectivity index (χ0) is 23.4. The van der Waals surface area contributed by atoms with E-state index in [1.165, 1.54) is 11.1 Å². The number of carbonyl (C=O) groups excluding carboxylic acids is 1. The summed E-state index contributed by atoms with van der Waals surface area (Å²) in [6.07, 6.45) is 5.97. The molecule has 1 fully saturated rings. The maximum Gasteiger partial charge on any atom is 0.329 e. The first kappa shape index (κ1) is 21.6. The topological polar surface area (TPSA) is 59.3 Å². The minimum absolute atomic E-state index is 0.0286. The number of likely N-dealkylation sites (tertiary alicyclic amines) is 1. The summed E-state index contributed by atoms with van der Waals surface area (Å²) in [5.74, 6) is 0.278. The Labute approximate surface area is 198 Å². The maximum atomic E-state index is 14.5. The highest BCUT2D eigenvalue weighted by molar-refractivity contribution is 5.80. The summed E-state index contributed by atoms with van der Waals surface area (Å²) in [4.78, 5) is 28.0. The lowest BCUT2D eigenvalue weighted by molar-refractivity contribution is -0.121. The highest BCUT2D eigenvalue weighted by Gasteiger charge is 2.39. The van der Waals surface area contributed by atoms with Crippen LogP contribution >= 0.6 is 0 Å². The van der Waals surface area contributed by atoms with Crippen LogP contribution in [-0.2, 0) is 17.8 Å². The number of piperidine rings is 1. The van der Waals surface area contributed by atoms with Gasteiger partial charge in [0.05, 0.1) is 11.0 Å². The van der Waals surface area contributed by atoms with Crippen molar-refractivity contribution in [2.75, 3.05) is 20.1 Å². The van der Waals surface area contributed by atoms with Crippen LogP contribution in [0.15, 0.2) is 41.2 Å². The SMILES string of the molecule is CNC(=O)Cn1c(=O)n(C2CCN(C3CC4CCCc5c(F)ccc3c54)CC2)c2ccccc21. The molecular weight excluding hydrogens is 431 g/mol. The number of nitrogens with one attached hydrogen (secondary N) is 1. The lowest BCUT2D eigenvalue weighted by atomic mass is 9.84. The number of amides is 1. The van der Waals surface area contributed by atoms with Gasteiger partial charge in [0, 0.05) is 32.2 Å². The molecule has 0 saturated carbocycles. The molecule has 1 aromatic heterocycles. The van der Waals surface area contributed by atoms with Crippen molar-refractivity contribution in [1.82, 2.24) is 19.4 Å². The van der Waals surface area contributed by atoms with E-state index in [2.05, 4.69) is 10.2 Å². The molecule has 1 N–H and O–H groups in total. The predicted molar refractivity (Wildman–Crippen MR) is 130 cm³/mol. The Morgan fingerprint density at radius 1 is 1.09 bits per heavy atom. The molecule has 0 spiro atoms. The second-order valence-corrected chi connectivity index (χ2v) is 10.0. The lowest BCUT2D eigenvalue weighted by Crippen LogP contribution is -2.39. The number of rotatable bonds is 4. The first-order valence-electron chi connectivity index (χ1n) is 12.5. The number of nitrogens with zero attached hydrogens (tertiary/aromatic N) is 3. The van der Waals surface area contributed by atoms with Gasteiger partial charge >= 0.3 is 5.69 Å². The second-order valence-electron chi connectivity index (χ2n) is 10.0. The summed E-state index contributed by atoms with van der Waals surface area (Å²) >= 11 is 0. The van der Waals surface area contributed by atoms with Gasteiger partial charge in [-0.1, -0.05) is 18.2 Å². The van der Waals surface area contributed by atoms with Crippen LogP contribution in [0.1, 0.15) is 66.8 Å². The average molecular weight is 463 g/mol. The van der Waals surface area contributed by atoms with E-state index in [0.29, 0.717) is 12.0 Å². The molecule has 34 heavy (non-hydrogen) atoms. The molecule has 2 unspecified atom stereocenters. The van der Waals surface area contributed by atoms with Crippen molar-refractivity contribution < 1.29 is 9.18 Å². The molecule has 0 radical (unpaired) electrons. The van der Waals surface area contributed by atoms with Crippen molar-refractivity contribution >= 4 is 16.9 Å². The average Bonchev–Trinajstić information content (AvgIpc) is 3.37. The van der Waals surface area contributed by atoms with E-state index in [1.807, 2.05) is 34.9 Å². The third-order valence-electron chi connectivity index (χ3n) is 8.34. The first-order valence-corrected chi connectivity index (χ1v) is 12.5. The van der Waals surface area contributed by atoms with E-state index < -0.39 is 0 Å². The summed E-state index contributed by atoms with van der Waals surface area (Å²) in [5, 5.41) is 2.62. The third kappa shape index (κ3) is 3.32. The highest BCUT2D eigenvalue weighted by Crippen LogP contribution is 2.51. The molecule has 2 aliphatic carbocycles. The molecule has 2 heterocycles. The molecule has 1 aliphatic heterocycles. The number of hydrogen-bond acceptors (Lipinski definition) is 3. The van der Waals surface area contributed by atoms with Crippen LogP contribution in [0.2, 0.25) is 0 Å². The minimum atomic E-state index is -0.178. The monoisotopic (exact) mass is 462 g/mol. The summed E-state index contributed by atoms with van der Waals surface area (Å²) in [5.41, 5.74) is 5.18. The quantitative estimate of drug-likeness (QED) is 0.640. The number of para-hydroxylation sites is 2. The fourth-order valence-electron chi connectivity index (χ4n) is 6.75. The van der Waals surface area contributed by atoms with Gasteiger partial charge in [-0.25, -0.2) is 9.18 Å². The van der Waals surface area contributed by atoms with Gasteiger partial charge in [0.1, 0.15) is 12.4 Å². The van der Waals surface area contributed by atoms with Crippen LogP contribution < -0.4 is 11.0 Å². The lowest BCUT2D eigenvalue weighted by Gasteiger charge is -2.37. The molecule has 2 aromatic carbocycles. The molecular formula is C27H31FN4O2. The van der Waals surface area contributed by atoms with Crippen molar-refractivity contribution in [1.29, 1.82) is 0 Å². The number of aromatic nitrogens is 2. The number of benzene rings is 2. The van der Waals surface area contributed by atoms with Crippen LogP contribution in [0.25, 0.3) is 11.0 Å². The summed E-state index contributed by atoms with van der Waals surface area (Å²) < 4.78 is 17.9. The van der Waals surface area contributed by atoms with E-state index >= 15 is 0 Å². The van der Waals surface area contributed by atoms with Gasteiger partial charge < -0.3 is 5.32 Å². The van der Waals surface area contributed by atoms with Crippen LogP contribution in [0.5, 0.6) is 0 Å². The van der Waals surface area contributed by atoms with Crippen molar-refractivity contribution in [2.24, 2.45) is 0 Å². The van der Waals surface area contributed by atoms with Crippen LogP contribution in [-0.4, -0.2) is 40.1 Å². The van der Waals surface area contributed by atoms with E-state index in [9.17, 15) is 14.0 Å². The Morgan fingerprint density at radius 3 is 2.62 bits per heavy atom. The third-order valence-corrected chi connectivity index (χ3v) is 8.34. The maximum absolute atomic E-state index is 14.5. The Balaban J connectivity index is 1.26. The number of carbonyl (C=O) groups is 1. The molecule has 2 atom stereocenters. The predicted octanol–water partition coefficient (Wildman–Crippen LogP) is 3.89. The van der Waals surface area contributed by atoms with Gasteiger partial charge in [-0.05, 0) is 79.3 Å². The Morgan fingerprint density at radius 2 is 1.85 bits per heavy atom. The van der Waals surface area contributed by atoms with Gasteiger partial charge in [-0.3, -0.25) is 18.8 Å². The number of fused-ring (bicyclic) bond motifs is 1. The zero-order valence-corrected chi connectivity index (χ0v) is 19.6. The van der Waals surface area contributed by atoms with E-state index in [-0.39, 0.29) is 30.0 Å². The molecule has 6 nitrogen and oxygen atoms in total. The second kappa shape index (κ2) is 8.38. The molecule has 7 heteroatoms. The molecule has 0 bridgehead atoms. The summed E-state index contributed by atoms with van der Waals surface area (Å²) in [6, 6.07) is 11.9. The van der Waals surface area contributed by atoms with Crippen LogP contribution in [0, 0.1) is 5.82 Å². The van der Waals surface area contributed by atoms with Gasteiger partial charge in [0.15, 0.2) is 0 Å².